The van der Waals surface area contributed by atoms with Gasteiger partial charge in [0.15, 0.2) is 0 Å². The summed E-state index contributed by atoms with van der Waals surface area (Å²) in [6.07, 6.45) is 0. The summed E-state index contributed by atoms with van der Waals surface area (Å²) in [6, 6.07) is 8.90. The van der Waals surface area contributed by atoms with Crippen LogP contribution in [0.3, 0.4) is 0 Å². The maximum atomic E-state index is 12.4. The lowest BCUT2D eigenvalue weighted by Gasteiger charge is -2.09. The van der Waals surface area contributed by atoms with Crippen LogP contribution in [0.25, 0.3) is 10.9 Å². The minimum atomic E-state index is -4.11. The van der Waals surface area contributed by atoms with E-state index in [2.05, 4.69) is 9.97 Å². The Hall–Kier alpha value is -2.87. The topological polar surface area (TPSA) is 109 Å². The number of nitrogens with one attached hydrogen (secondary N) is 2. The van der Waals surface area contributed by atoms with E-state index in [1.165, 1.54) is 18.2 Å². The van der Waals surface area contributed by atoms with Crippen molar-refractivity contribution in [1.29, 1.82) is 0 Å². The SMILES string of the molecule is Cc1cc(C)cc(OS(=O)(=O)c2ccc3[nH]c(=O)[nH]c(=O)c3c2)c1. The molecule has 3 rings (SSSR count). The minimum absolute atomic E-state index is 0.0553. The third-order valence-corrected chi connectivity index (χ3v) is 4.64. The van der Waals surface area contributed by atoms with Crippen LogP contribution in [0.1, 0.15) is 11.1 Å². The predicted molar refractivity (Wildman–Crippen MR) is 88.9 cm³/mol. The molecule has 0 amide bonds. The zero-order valence-electron chi connectivity index (χ0n) is 12.9. The van der Waals surface area contributed by atoms with Crippen LogP contribution in [0, 0.1) is 13.8 Å². The first-order valence-corrected chi connectivity index (χ1v) is 8.44. The van der Waals surface area contributed by atoms with E-state index in [4.69, 9.17) is 4.18 Å². The molecule has 0 radical (unpaired) electrons. The summed E-state index contributed by atoms with van der Waals surface area (Å²) >= 11 is 0. The lowest BCUT2D eigenvalue weighted by Crippen LogP contribution is -2.22. The minimum Gasteiger partial charge on any atom is -0.379 e. The summed E-state index contributed by atoms with van der Waals surface area (Å²) in [5, 5.41) is 0.0553. The van der Waals surface area contributed by atoms with Gasteiger partial charge in [-0.2, -0.15) is 8.42 Å². The van der Waals surface area contributed by atoms with Crippen molar-refractivity contribution in [3.05, 3.63) is 68.4 Å². The van der Waals surface area contributed by atoms with Crippen molar-refractivity contribution in [3.63, 3.8) is 0 Å². The second-order valence-corrected chi connectivity index (χ2v) is 7.02. The molecule has 1 heterocycles. The van der Waals surface area contributed by atoms with E-state index in [0.717, 1.165) is 11.1 Å². The first-order chi connectivity index (χ1) is 11.2. The normalized spacial score (nSPS) is 11.6. The number of hydrogen-bond acceptors (Lipinski definition) is 5. The van der Waals surface area contributed by atoms with Gasteiger partial charge in [0, 0.05) is 0 Å². The van der Waals surface area contributed by atoms with Crippen molar-refractivity contribution in [2.24, 2.45) is 0 Å². The Bertz CT molecular complexity index is 1140. The maximum absolute atomic E-state index is 12.4. The monoisotopic (exact) mass is 346 g/mol. The average Bonchev–Trinajstić information content (AvgIpc) is 2.44. The highest BCUT2D eigenvalue weighted by Crippen LogP contribution is 2.22. The highest BCUT2D eigenvalue weighted by atomic mass is 32.2. The molecule has 124 valence electrons. The quantitative estimate of drug-likeness (QED) is 0.700. The van der Waals surface area contributed by atoms with E-state index >= 15 is 0 Å². The summed E-state index contributed by atoms with van der Waals surface area (Å²) in [5.74, 6) is 0.197. The van der Waals surface area contributed by atoms with Gasteiger partial charge < -0.3 is 9.17 Å². The fourth-order valence-electron chi connectivity index (χ4n) is 2.46. The lowest BCUT2D eigenvalue weighted by molar-refractivity contribution is 0.486. The zero-order chi connectivity index (χ0) is 17.5. The van der Waals surface area contributed by atoms with Crippen molar-refractivity contribution in [2.45, 2.75) is 18.7 Å². The fourth-order valence-corrected chi connectivity index (χ4v) is 3.40. The first-order valence-electron chi connectivity index (χ1n) is 7.04. The Balaban J connectivity index is 2.08. The number of H-pyrrole nitrogens is 2. The summed E-state index contributed by atoms with van der Waals surface area (Å²) < 4.78 is 30.0. The molecular formula is C16H14N2O5S. The molecule has 0 fully saturated rings. The lowest BCUT2D eigenvalue weighted by atomic mass is 10.1. The molecule has 2 N–H and O–H groups in total. The summed E-state index contributed by atoms with van der Waals surface area (Å²) in [6.45, 7) is 3.66. The van der Waals surface area contributed by atoms with Crippen LogP contribution in [0.2, 0.25) is 0 Å². The Morgan fingerprint density at radius 1 is 0.917 bits per heavy atom. The molecule has 2 aromatic carbocycles. The second-order valence-electron chi connectivity index (χ2n) is 5.48. The van der Waals surface area contributed by atoms with Gasteiger partial charge in [-0.25, -0.2) is 4.79 Å². The molecular weight excluding hydrogens is 332 g/mol. The maximum Gasteiger partial charge on any atom is 0.339 e. The number of benzene rings is 2. The standard InChI is InChI=1S/C16H14N2O5S/c1-9-5-10(2)7-11(6-9)23-24(21,22)12-3-4-14-13(8-12)15(19)18-16(20)17-14/h3-8H,1-2H3,(H2,17,18,19,20). The van der Waals surface area contributed by atoms with Gasteiger partial charge in [-0.15, -0.1) is 0 Å². The van der Waals surface area contributed by atoms with Crippen molar-refractivity contribution in [1.82, 2.24) is 9.97 Å². The van der Waals surface area contributed by atoms with Gasteiger partial charge in [-0.05, 0) is 55.3 Å². The summed E-state index contributed by atoms with van der Waals surface area (Å²) in [7, 11) is -4.11. The number of hydrogen-bond donors (Lipinski definition) is 2. The molecule has 0 saturated carbocycles. The van der Waals surface area contributed by atoms with Gasteiger partial charge in [-0.3, -0.25) is 9.78 Å². The third kappa shape index (κ3) is 3.09. The van der Waals surface area contributed by atoms with Crippen LogP contribution < -0.4 is 15.4 Å². The number of rotatable bonds is 3. The number of aryl methyl sites for hydroxylation is 2. The van der Waals surface area contributed by atoms with E-state index in [-0.39, 0.29) is 21.5 Å². The molecule has 3 aromatic rings. The van der Waals surface area contributed by atoms with Crippen LogP contribution in [0.15, 0.2) is 50.9 Å². The molecule has 0 aliphatic heterocycles. The van der Waals surface area contributed by atoms with Crippen LogP contribution in [0.4, 0.5) is 0 Å². The average molecular weight is 346 g/mol. The van der Waals surface area contributed by atoms with Crippen LogP contribution >= 0.6 is 0 Å². The molecule has 8 heteroatoms. The van der Waals surface area contributed by atoms with E-state index in [1.807, 2.05) is 19.9 Å². The highest BCUT2D eigenvalue weighted by Gasteiger charge is 2.18. The third-order valence-electron chi connectivity index (χ3n) is 3.40. The van der Waals surface area contributed by atoms with E-state index in [0.29, 0.717) is 0 Å². The smallest absolute Gasteiger partial charge is 0.339 e. The molecule has 0 atom stereocenters. The summed E-state index contributed by atoms with van der Waals surface area (Å²) in [4.78, 5) is 27.4. The van der Waals surface area contributed by atoms with Gasteiger partial charge in [-0.1, -0.05) is 6.07 Å². The number of aromatic nitrogens is 2. The largest absolute Gasteiger partial charge is 0.379 e. The fraction of sp³-hybridized carbons (Fsp3) is 0.125. The van der Waals surface area contributed by atoms with Gasteiger partial charge in [0.1, 0.15) is 10.6 Å². The van der Waals surface area contributed by atoms with Crippen LogP contribution in [-0.4, -0.2) is 18.4 Å². The van der Waals surface area contributed by atoms with Crippen LogP contribution in [0.5, 0.6) is 5.75 Å². The van der Waals surface area contributed by atoms with Gasteiger partial charge >= 0.3 is 15.8 Å². The Morgan fingerprint density at radius 3 is 2.25 bits per heavy atom. The first kappa shape index (κ1) is 16.0. The molecule has 0 aliphatic carbocycles. The molecule has 0 unspecified atom stereocenters. The van der Waals surface area contributed by atoms with Crippen molar-refractivity contribution in [2.75, 3.05) is 0 Å². The van der Waals surface area contributed by atoms with Gasteiger partial charge in [0.05, 0.1) is 10.9 Å². The molecule has 7 nitrogen and oxygen atoms in total. The zero-order valence-corrected chi connectivity index (χ0v) is 13.7. The van der Waals surface area contributed by atoms with Crippen LogP contribution in [-0.2, 0) is 10.1 Å². The van der Waals surface area contributed by atoms with Crippen molar-refractivity contribution < 1.29 is 12.6 Å². The van der Waals surface area contributed by atoms with E-state index in [1.54, 1.807) is 12.1 Å². The van der Waals surface area contributed by atoms with Gasteiger partial charge in [0.2, 0.25) is 0 Å². The molecule has 0 spiro atoms. The highest BCUT2D eigenvalue weighted by molar-refractivity contribution is 7.87. The van der Waals surface area contributed by atoms with Crippen molar-refractivity contribution in [3.8, 4) is 5.75 Å². The molecule has 24 heavy (non-hydrogen) atoms. The number of aromatic amines is 2. The Kier molecular flexibility index (Phi) is 3.76. The Morgan fingerprint density at radius 2 is 1.58 bits per heavy atom. The number of fused-ring (bicyclic) bond motifs is 1. The van der Waals surface area contributed by atoms with E-state index < -0.39 is 21.4 Å². The predicted octanol–water partition coefficient (Wildman–Crippen LogP) is 1.60. The summed E-state index contributed by atoms with van der Waals surface area (Å²) in [5.41, 5.74) is 0.654. The second kappa shape index (κ2) is 5.64. The molecule has 0 bridgehead atoms. The Labute approximate surface area is 137 Å². The molecule has 0 saturated heterocycles. The molecule has 1 aromatic heterocycles. The van der Waals surface area contributed by atoms with Crippen molar-refractivity contribution >= 4 is 21.0 Å². The van der Waals surface area contributed by atoms with Gasteiger partial charge in [0.25, 0.3) is 5.56 Å². The van der Waals surface area contributed by atoms with E-state index in [9.17, 15) is 18.0 Å². The molecule has 0 aliphatic rings.